The SMILES string of the molecule is N#COS(=O)(=O)C(=O)O[N+](=O)[O-]. The van der Waals surface area contributed by atoms with Crippen LogP contribution in [0.3, 0.4) is 0 Å². The molecule has 0 aliphatic rings. The van der Waals surface area contributed by atoms with Crippen LogP contribution in [-0.4, -0.2) is 18.8 Å². The zero-order chi connectivity index (χ0) is 9.78. The first-order valence-corrected chi connectivity index (χ1v) is 3.50. The highest BCUT2D eigenvalue weighted by Crippen LogP contribution is 1.97. The smallest absolute Gasteiger partial charge is 0.295 e. The van der Waals surface area contributed by atoms with Crippen molar-refractivity contribution in [2.45, 2.75) is 0 Å². The minimum atomic E-state index is -4.97. The Morgan fingerprint density at radius 2 is 2.08 bits per heavy atom. The van der Waals surface area contributed by atoms with Gasteiger partial charge < -0.3 is 0 Å². The summed E-state index contributed by atoms with van der Waals surface area (Å²) in [5.41, 5.74) is 0. The van der Waals surface area contributed by atoms with E-state index in [1.54, 1.807) is 0 Å². The normalized spacial score (nSPS) is 9.58. The molecule has 10 heteroatoms. The van der Waals surface area contributed by atoms with Crippen molar-refractivity contribution in [2.24, 2.45) is 0 Å². The Morgan fingerprint density at radius 1 is 1.58 bits per heavy atom. The van der Waals surface area contributed by atoms with Crippen LogP contribution in [0.25, 0.3) is 0 Å². The maximum atomic E-state index is 10.2. The van der Waals surface area contributed by atoms with E-state index in [9.17, 15) is 23.3 Å². The zero-order valence-electron chi connectivity index (χ0n) is 5.16. The molecule has 0 atom stereocenters. The molecule has 66 valence electrons. The van der Waals surface area contributed by atoms with Crippen molar-refractivity contribution >= 4 is 15.4 Å². The Hall–Kier alpha value is -1.89. The van der Waals surface area contributed by atoms with Crippen LogP contribution in [0.15, 0.2) is 0 Å². The van der Waals surface area contributed by atoms with Gasteiger partial charge in [0.05, 0.1) is 0 Å². The first-order valence-electron chi connectivity index (χ1n) is 2.09. The fraction of sp³-hybridized carbons (Fsp3) is 0. The Balaban J connectivity index is 4.51. The summed E-state index contributed by atoms with van der Waals surface area (Å²) in [7, 11) is -4.97. The van der Waals surface area contributed by atoms with Crippen LogP contribution in [0.5, 0.6) is 0 Å². The highest BCUT2D eigenvalue weighted by molar-refractivity contribution is 8.01. The van der Waals surface area contributed by atoms with Crippen molar-refractivity contribution in [1.82, 2.24) is 0 Å². The van der Waals surface area contributed by atoms with Crippen molar-refractivity contribution in [3.63, 3.8) is 0 Å². The van der Waals surface area contributed by atoms with Gasteiger partial charge in [0, 0.05) is 0 Å². The van der Waals surface area contributed by atoms with Gasteiger partial charge in [-0.15, -0.1) is 15.4 Å². The molecule has 0 aromatic heterocycles. The number of carbonyl (C=O) groups excluding carboxylic acids is 1. The van der Waals surface area contributed by atoms with E-state index >= 15 is 0 Å². The van der Waals surface area contributed by atoms with E-state index in [0.29, 0.717) is 6.26 Å². The third-order valence-electron chi connectivity index (χ3n) is 0.500. The number of nitriles is 1. The maximum absolute atomic E-state index is 10.2. The molecule has 0 aliphatic heterocycles. The molecule has 0 aromatic carbocycles. The van der Waals surface area contributed by atoms with Crippen LogP contribution >= 0.6 is 0 Å². The maximum Gasteiger partial charge on any atom is 0.456 e. The van der Waals surface area contributed by atoms with E-state index in [1.165, 1.54) is 0 Å². The van der Waals surface area contributed by atoms with Gasteiger partial charge in [-0.25, -0.2) is 9.63 Å². The number of carbonyl (C=O) groups is 1. The van der Waals surface area contributed by atoms with E-state index in [0.717, 1.165) is 0 Å². The summed E-state index contributed by atoms with van der Waals surface area (Å²) in [6, 6.07) is 0. The van der Waals surface area contributed by atoms with Crippen LogP contribution in [0.1, 0.15) is 0 Å². The Morgan fingerprint density at radius 3 is 2.42 bits per heavy atom. The third kappa shape index (κ3) is 2.80. The lowest BCUT2D eigenvalue weighted by Gasteiger charge is -1.93. The van der Waals surface area contributed by atoms with E-state index in [4.69, 9.17) is 5.26 Å². The summed E-state index contributed by atoms with van der Waals surface area (Å²) < 4.78 is 23.7. The zero-order valence-corrected chi connectivity index (χ0v) is 5.98. The molecule has 0 amide bonds. The molecule has 0 radical (unpaired) electrons. The molecule has 12 heavy (non-hydrogen) atoms. The van der Waals surface area contributed by atoms with Crippen LogP contribution in [0, 0.1) is 21.6 Å². The second kappa shape index (κ2) is 3.49. The number of rotatable bonds is 2. The number of hydrogen-bond donors (Lipinski definition) is 0. The monoisotopic (exact) mass is 196 g/mol. The molecule has 0 saturated heterocycles. The van der Waals surface area contributed by atoms with Gasteiger partial charge in [0.2, 0.25) is 0 Å². The van der Waals surface area contributed by atoms with Crippen LogP contribution < -0.4 is 0 Å². The molecule has 0 rings (SSSR count). The molecular formula is C2N2O7S. The summed E-state index contributed by atoms with van der Waals surface area (Å²) in [5, 5.41) is 13.2. The van der Waals surface area contributed by atoms with Gasteiger partial charge in [0.1, 0.15) is 0 Å². The molecule has 0 aliphatic carbocycles. The quantitative estimate of drug-likeness (QED) is 0.241. The first-order chi connectivity index (χ1) is 5.40. The van der Waals surface area contributed by atoms with Crippen LogP contribution in [-0.2, 0) is 19.1 Å². The van der Waals surface area contributed by atoms with Gasteiger partial charge in [-0.1, -0.05) is 0 Å². The Bertz CT molecular complexity index is 335. The van der Waals surface area contributed by atoms with Gasteiger partial charge in [0.15, 0.2) is 0 Å². The molecular weight excluding hydrogens is 196 g/mol. The summed E-state index contributed by atoms with van der Waals surface area (Å²) >= 11 is 0. The van der Waals surface area contributed by atoms with E-state index in [1.807, 2.05) is 0 Å². The largest absolute Gasteiger partial charge is 0.456 e. The molecule has 0 N–H and O–H groups in total. The highest BCUT2D eigenvalue weighted by Gasteiger charge is 2.28. The predicted molar refractivity (Wildman–Crippen MR) is 29.1 cm³/mol. The minimum absolute atomic E-state index is 0.651. The van der Waals surface area contributed by atoms with Gasteiger partial charge in [0.25, 0.3) is 0 Å². The second-order valence-electron chi connectivity index (χ2n) is 1.19. The number of nitrogens with zero attached hydrogens (tertiary/aromatic N) is 2. The van der Waals surface area contributed by atoms with Crippen molar-refractivity contribution in [2.75, 3.05) is 0 Å². The van der Waals surface area contributed by atoms with Gasteiger partial charge in [-0.05, 0) is 0 Å². The van der Waals surface area contributed by atoms with Gasteiger partial charge in [-0.3, -0.25) is 4.18 Å². The van der Waals surface area contributed by atoms with Crippen LogP contribution in [0.2, 0.25) is 0 Å². The summed E-state index contributed by atoms with van der Waals surface area (Å²) in [4.78, 5) is 22.5. The minimum Gasteiger partial charge on any atom is -0.295 e. The molecule has 0 spiro atoms. The summed E-state index contributed by atoms with van der Waals surface area (Å²) in [6.07, 6.45) is 0.651. The Kier molecular flexibility index (Phi) is 2.94. The van der Waals surface area contributed by atoms with Crippen molar-refractivity contribution < 1.29 is 27.3 Å². The van der Waals surface area contributed by atoms with Crippen molar-refractivity contribution in [1.29, 1.82) is 5.26 Å². The van der Waals surface area contributed by atoms with Gasteiger partial charge >= 0.3 is 26.8 Å². The average Bonchev–Trinajstić information content (AvgIpc) is 1.85. The van der Waals surface area contributed by atoms with Crippen molar-refractivity contribution in [3.05, 3.63) is 10.1 Å². The molecule has 0 aromatic rings. The Labute approximate surface area is 65.3 Å². The third-order valence-corrected chi connectivity index (χ3v) is 1.28. The van der Waals surface area contributed by atoms with E-state index in [2.05, 4.69) is 9.02 Å². The van der Waals surface area contributed by atoms with E-state index < -0.39 is 20.5 Å². The van der Waals surface area contributed by atoms with Crippen LogP contribution in [0.4, 0.5) is 4.79 Å². The second-order valence-corrected chi connectivity index (χ2v) is 2.60. The fourth-order valence-corrected chi connectivity index (χ4v) is 0.508. The highest BCUT2D eigenvalue weighted by atomic mass is 32.2. The molecule has 9 nitrogen and oxygen atoms in total. The lowest BCUT2D eigenvalue weighted by Crippen LogP contribution is -2.20. The van der Waals surface area contributed by atoms with Crippen molar-refractivity contribution in [3.8, 4) is 6.26 Å². The van der Waals surface area contributed by atoms with E-state index in [-0.39, 0.29) is 0 Å². The lowest BCUT2D eigenvalue weighted by molar-refractivity contribution is -0.725. The molecule has 0 heterocycles. The first kappa shape index (κ1) is 10.1. The lowest BCUT2D eigenvalue weighted by atomic mass is 11.6. The molecule has 0 fully saturated rings. The molecule has 0 bridgehead atoms. The predicted octanol–water partition coefficient (Wildman–Crippen LogP) is -0.858. The summed E-state index contributed by atoms with van der Waals surface area (Å²) in [6.45, 7) is 0. The number of hydrogen-bond acceptors (Lipinski definition) is 8. The molecule has 0 saturated carbocycles. The standard InChI is InChI=1S/C2N2O7S/c3-1-10-12(8,9)2(5)11-4(6)7. The molecule has 0 unspecified atom stereocenters. The topological polar surface area (TPSA) is 137 Å². The summed E-state index contributed by atoms with van der Waals surface area (Å²) in [5.74, 6) is 0. The van der Waals surface area contributed by atoms with Gasteiger partial charge in [-0.2, -0.15) is 8.42 Å². The fourth-order valence-electron chi connectivity index (χ4n) is 0.190. The average molecular weight is 196 g/mol.